The van der Waals surface area contributed by atoms with Gasteiger partial charge in [-0.3, -0.25) is 4.79 Å². The number of aromatic nitrogens is 4. The zero-order chi connectivity index (χ0) is 25.3. The molecule has 0 unspecified atom stereocenters. The highest BCUT2D eigenvalue weighted by molar-refractivity contribution is 5.94. The number of carbonyl (C=O) groups is 2. The molecule has 0 saturated carbocycles. The summed E-state index contributed by atoms with van der Waals surface area (Å²) in [4.78, 5) is 31.3. The van der Waals surface area contributed by atoms with Crippen LogP contribution in [0.3, 0.4) is 0 Å². The molecule has 0 saturated heterocycles. The zero-order valence-corrected chi connectivity index (χ0v) is 20.8. The number of rotatable bonds is 5. The molecule has 0 N–H and O–H groups in total. The van der Waals surface area contributed by atoms with Crippen LogP contribution in [0.1, 0.15) is 32.0 Å². The molecule has 0 spiro atoms. The number of nitrogens with zero attached hydrogens (tertiary/aromatic N) is 5. The number of carbonyl (C=O) groups excluding carboxylic acids is 2. The van der Waals surface area contributed by atoms with Crippen LogP contribution in [0.2, 0.25) is 0 Å². The van der Waals surface area contributed by atoms with E-state index in [0.717, 1.165) is 21.3 Å². The molecule has 9 heteroatoms. The Labute approximate surface area is 203 Å². The van der Waals surface area contributed by atoms with Crippen LogP contribution in [0.4, 0.5) is 4.79 Å². The van der Waals surface area contributed by atoms with Crippen molar-refractivity contribution in [2.24, 2.45) is 7.05 Å². The van der Waals surface area contributed by atoms with E-state index in [0.29, 0.717) is 23.1 Å². The number of aryl methyl sites for hydroxylation is 1. The van der Waals surface area contributed by atoms with E-state index in [2.05, 4.69) is 32.8 Å². The molecule has 0 fully saturated rings. The summed E-state index contributed by atoms with van der Waals surface area (Å²) in [5, 5.41) is 5.86. The number of methoxy groups -OCH3 is 1. The van der Waals surface area contributed by atoms with Crippen LogP contribution in [0.15, 0.2) is 48.7 Å². The summed E-state index contributed by atoms with van der Waals surface area (Å²) in [5.74, 6) is 0.0968. The van der Waals surface area contributed by atoms with Crippen molar-refractivity contribution in [3.63, 3.8) is 0 Å². The van der Waals surface area contributed by atoms with Crippen molar-refractivity contribution in [2.75, 3.05) is 14.2 Å². The fourth-order valence-corrected chi connectivity index (χ4v) is 3.78. The third kappa shape index (κ3) is 5.03. The Morgan fingerprint density at radius 3 is 2.60 bits per heavy atom. The van der Waals surface area contributed by atoms with Crippen LogP contribution in [-0.4, -0.2) is 56.0 Å². The maximum Gasteiger partial charge on any atom is 0.437 e. The second kappa shape index (κ2) is 9.25. The molecule has 35 heavy (non-hydrogen) atoms. The second-order valence-corrected chi connectivity index (χ2v) is 9.32. The topological polar surface area (TPSA) is 91.5 Å². The van der Waals surface area contributed by atoms with Crippen molar-refractivity contribution >= 4 is 40.0 Å². The first kappa shape index (κ1) is 24.0. The molecule has 3 heterocycles. The van der Waals surface area contributed by atoms with Gasteiger partial charge in [-0.15, -0.1) is 9.78 Å². The van der Waals surface area contributed by atoms with E-state index in [4.69, 9.17) is 9.47 Å². The molecule has 0 bridgehead atoms. The molecule has 9 nitrogen and oxygen atoms in total. The number of fused-ring (bicyclic) bond motifs is 2. The van der Waals surface area contributed by atoms with Gasteiger partial charge in [-0.2, -0.15) is 0 Å². The largest absolute Gasteiger partial charge is 0.479 e. The number of para-hydroxylation sites is 1. The Bertz CT molecular complexity index is 1440. The lowest BCUT2D eigenvalue weighted by atomic mass is 10.2. The first-order chi connectivity index (χ1) is 16.6. The van der Waals surface area contributed by atoms with Gasteiger partial charge in [-0.1, -0.05) is 18.2 Å². The third-order valence-electron chi connectivity index (χ3n) is 5.51. The maximum absolute atomic E-state index is 12.8. The van der Waals surface area contributed by atoms with Gasteiger partial charge >= 0.3 is 6.09 Å². The van der Waals surface area contributed by atoms with Crippen molar-refractivity contribution in [3.05, 3.63) is 59.9 Å². The summed E-state index contributed by atoms with van der Waals surface area (Å²) in [7, 11) is 5.23. The molecule has 4 rings (SSSR count). The van der Waals surface area contributed by atoms with Crippen molar-refractivity contribution < 1.29 is 19.1 Å². The Kier molecular flexibility index (Phi) is 6.34. The van der Waals surface area contributed by atoms with Crippen LogP contribution in [0.25, 0.3) is 28.0 Å². The molecule has 3 aromatic heterocycles. The zero-order valence-electron chi connectivity index (χ0n) is 20.8. The highest BCUT2D eigenvalue weighted by atomic mass is 16.6. The van der Waals surface area contributed by atoms with E-state index in [1.165, 1.54) is 13.2 Å². The quantitative estimate of drug-likeness (QED) is 0.398. The van der Waals surface area contributed by atoms with E-state index in [9.17, 15) is 9.59 Å². The number of likely N-dealkylation sites (N-methyl/N-ethyl adjacent to an activating group) is 1. The highest BCUT2D eigenvalue weighted by Gasteiger charge is 2.23. The van der Waals surface area contributed by atoms with Crippen molar-refractivity contribution in [1.82, 2.24) is 24.2 Å². The summed E-state index contributed by atoms with van der Waals surface area (Å²) in [6.45, 7) is 5.80. The predicted molar refractivity (Wildman–Crippen MR) is 134 cm³/mol. The first-order valence-electron chi connectivity index (χ1n) is 11.2. The Hall–Kier alpha value is -4.14. The van der Waals surface area contributed by atoms with Crippen LogP contribution in [0, 0.1) is 0 Å². The summed E-state index contributed by atoms with van der Waals surface area (Å²) >= 11 is 0. The molecule has 182 valence electrons. The summed E-state index contributed by atoms with van der Waals surface area (Å²) in [6.07, 6.45) is 4.09. The van der Waals surface area contributed by atoms with Gasteiger partial charge < -0.3 is 18.9 Å². The number of hydrogen-bond acceptors (Lipinski definition) is 6. The lowest BCUT2D eigenvalue weighted by Crippen LogP contribution is -2.27. The second-order valence-electron chi connectivity index (χ2n) is 9.32. The number of pyridine rings is 1. The van der Waals surface area contributed by atoms with Gasteiger partial charge in [0.05, 0.1) is 19.0 Å². The third-order valence-corrected chi connectivity index (χ3v) is 5.51. The molecule has 1 amide bonds. The molecule has 4 aromatic rings. The van der Waals surface area contributed by atoms with Gasteiger partial charge in [-0.25, -0.2) is 9.78 Å². The van der Waals surface area contributed by atoms with Gasteiger partial charge in [0, 0.05) is 37.6 Å². The predicted octanol–water partition coefficient (Wildman–Crippen LogP) is 4.39. The number of benzene rings is 1. The lowest BCUT2D eigenvalue weighted by Gasteiger charge is -2.18. The minimum Gasteiger partial charge on any atom is -0.479 e. The Balaban J connectivity index is 1.52. The van der Waals surface area contributed by atoms with Gasteiger partial charge in [0.2, 0.25) is 11.8 Å². The van der Waals surface area contributed by atoms with Gasteiger partial charge in [-0.05, 0) is 56.0 Å². The molecule has 0 radical (unpaired) electrons. The fraction of sp³-hybridized carbons (Fsp3) is 0.308. The molecule has 0 aliphatic rings. The first-order valence-corrected chi connectivity index (χ1v) is 11.2. The highest BCUT2D eigenvalue weighted by Crippen LogP contribution is 2.25. The van der Waals surface area contributed by atoms with E-state index >= 15 is 0 Å². The monoisotopic (exact) mass is 475 g/mol. The van der Waals surface area contributed by atoms with E-state index in [-0.39, 0.29) is 11.8 Å². The van der Waals surface area contributed by atoms with Crippen molar-refractivity contribution in [3.8, 4) is 5.88 Å². The smallest absolute Gasteiger partial charge is 0.437 e. The summed E-state index contributed by atoms with van der Waals surface area (Å²) < 4.78 is 13.9. The molecule has 1 aromatic carbocycles. The fourth-order valence-electron chi connectivity index (χ4n) is 3.78. The summed E-state index contributed by atoms with van der Waals surface area (Å²) in [6, 6.07) is 12.0. The van der Waals surface area contributed by atoms with Crippen LogP contribution >= 0.6 is 0 Å². The molecular formula is C26H29N5O4. The van der Waals surface area contributed by atoms with Crippen molar-refractivity contribution in [2.45, 2.75) is 32.9 Å². The Morgan fingerprint density at radius 2 is 1.91 bits per heavy atom. The van der Waals surface area contributed by atoms with Crippen LogP contribution in [0.5, 0.6) is 5.88 Å². The maximum atomic E-state index is 12.8. The van der Waals surface area contributed by atoms with Gasteiger partial charge in [0.15, 0.2) is 5.65 Å². The minimum atomic E-state index is -0.677. The normalized spacial score (nSPS) is 11.9. The number of ether oxygens (including phenoxy) is 2. The number of hydrogen-bond donors (Lipinski definition) is 0. The van der Waals surface area contributed by atoms with E-state index in [1.807, 2.05) is 19.2 Å². The molecule has 0 atom stereocenters. The Morgan fingerprint density at radius 1 is 1.17 bits per heavy atom. The van der Waals surface area contributed by atoms with E-state index in [1.54, 1.807) is 51.1 Å². The summed E-state index contributed by atoms with van der Waals surface area (Å²) in [5.41, 5.74) is 2.47. The van der Waals surface area contributed by atoms with E-state index < -0.39 is 11.7 Å². The van der Waals surface area contributed by atoms with Crippen LogP contribution in [-0.2, 0) is 23.1 Å². The molecule has 0 aliphatic carbocycles. The SMILES string of the molecule is COc1nn(C(=O)OC(C)(C)C)c2ncc(C=CC(=O)N(C)Cc3cc4ccccc4n3C)cc12. The average molecular weight is 476 g/mol. The number of amides is 1. The average Bonchev–Trinajstić information content (AvgIpc) is 3.33. The standard InChI is InChI=1S/C26H29N5O4/c1-26(2,3)35-25(33)31-23-20(24(28-31)34-6)13-17(15-27-23)11-12-22(32)29(4)16-19-14-18-9-7-8-10-21(18)30(19)5/h7-15H,16H2,1-6H3. The van der Waals surface area contributed by atoms with Crippen LogP contribution < -0.4 is 4.74 Å². The molecule has 0 aliphatic heterocycles. The van der Waals surface area contributed by atoms with Gasteiger partial charge in [0.1, 0.15) is 5.60 Å². The van der Waals surface area contributed by atoms with Crippen molar-refractivity contribution in [1.29, 1.82) is 0 Å². The minimum absolute atomic E-state index is 0.147. The van der Waals surface area contributed by atoms with Gasteiger partial charge in [0.25, 0.3) is 0 Å². The lowest BCUT2D eigenvalue weighted by molar-refractivity contribution is -0.125. The molecular weight excluding hydrogens is 446 g/mol.